The van der Waals surface area contributed by atoms with Crippen molar-refractivity contribution in [2.24, 2.45) is 5.92 Å². The Bertz CT molecular complexity index is 478. The van der Waals surface area contributed by atoms with Crippen LogP contribution in [0, 0.1) is 12.8 Å². The zero-order valence-corrected chi connectivity index (χ0v) is 11.1. The minimum atomic E-state index is -0.781. The van der Waals surface area contributed by atoms with Crippen LogP contribution in [0.2, 0.25) is 0 Å². The van der Waals surface area contributed by atoms with Crippen molar-refractivity contribution < 1.29 is 14.7 Å². The Morgan fingerprint density at radius 3 is 2.74 bits per heavy atom. The number of carboxylic acids is 1. The van der Waals surface area contributed by atoms with Gasteiger partial charge in [-0.3, -0.25) is 9.59 Å². The zero-order chi connectivity index (χ0) is 13.8. The van der Waals surface area contributed by atoms with Crippen molar-refractivity contribution in [3.8, 4) is 0 Å². The molecule has 0 unspecified atom stereocenters. The third kappa shape index (κ3) is 3.81. The number of amides is 1. The highest BCUT2D eigenvalue weighted by atomic mass is 16.4. The van der Waals surface area contributed by atoms with Crippen molar-refractivity contribution in [1.29, 1.82) is 0 Å². The van der Waals surface area contributed by atoms with Gasteiger partial charge in [-0.25, -0.2) is 0 Å². The molecular weight excluding hydrogens is 242 g/mol. The summed E-state index contributed by atoms with van der Waals surface area (Å²) in [6.07, 6.45) is 1.42. The Balaban J connectivity index is 1.73. The van der Waals surface area contributed by atoms with Crippen LogP contribution in [0.5, 0.6) is 0 Å². The van der Waals surface area contributed by atoms with E-state index >= 15 is 0 Å². The molecule has 4 heteroatoms. The number of rotatable bonds is 5. The van der Waals surface area contributed by atoms with E-state index < -0.39 is 5.97 Å². The number of nitrogens with zero attached hydrogens (tertiary/aromatic N) is 1. The number of aryl methyl sites for hydroxylation is 2. The maximum atomic E-state index is 11.9. The fraction of sp³-hybridized carbons (Fsp3) is 0.467. The van der Waals surface area contributed by atoms with Gasteiger partial charge >= 0.3 is 5.97 Å². The molecule has 0 radical (unpaired) electrons. The Morgan fingerprint density at radius 2 is 2.11 bits per heavy atom. The van der Waals surface area contributed by atoms with E-state index in [1.54, 1.807) is 4.90 Å². The maximum absolute atomic E-state index is 11.9. The van der Waals surface area contributed by atoms with Gasteiger partial charge in [0.15, 0.2) is 0 Å². The molecule has 1 aliphatic heterocycles. The summed E-state index contributed by atoms with van der Waals surface area (Å²) in [7, 11) is 0. The van der Waals surface area contributed by atoms with E-state index in [0.29, 0.717) is 19.5 Å². The Kier molecular flexibility index (Phi) is 4.20. The van der Waals surface area contributed by atoms with Gasteiger partial charge in [-0.15, -0.1) is 0 Å². The highest BCUT2D eigenvalue weighted by Crippen LogP contribution is 2.20. The number of carbonyl (C=O) groups excluding carboxylic acids is 1. The molecule has 0 atom stereocenters. The van der Waals surface area contributed by atoms with Gasteiger partial charge in [0.25, 0.3) is 0 Å². The molecule has 0 bridgehead atoms. The van der Waals surface area contributed by atoms with E-state index in [1.807, 2.05) is 25.1 Å². The molecule has 1 heterocycles. The first kappa shape index (κ1) is 13.6. The molecule has 1 fully saturated rings. The summed E-state index contributed by atoms with van der Waals surface area (Å²) in [4.78, 5) is 24.2. The highest BCUT2D eigenvalue weighted by Gasteiger charge is 2.31. The van der Waals surface area contributed by atoms with E-state index in [2.05, 4.69) is 6.07 Å². The molecule has 2 rings (SSSR count). The Labute approximate surface area is 113 Å². The van der Waals surface area contributed by atoms with Crippen LogP contribution in [0.25, 0.3) is 0 Å². The number of aliphatic carboxylic acids is 1. The van der Waals surface area contributed by atoms with Crippen molar-refractivity contribution in [3.05, 3.63) is 35.4 Å². The molecule has 19 heavy (non-hydrogen) atoms. The largest absolute Gasteiger partial charge is 0.481 e. The standard InChI is InChI=1S/C15H19NO3/c1-11-3-2-4-12(7-11)5-6-14(17)16-9-13(10-16)8-15(18)19/h2-4,7,13H,5-6,8-10H2,1H3,(H,18,19). The number of likely N-dealkylation sites (tertiary alicyclic amines) is 1. The van der Waals surface area contributed by atoms with Crippen molar-refractivity contribution in [2.75, 3.05) is 13.1 Å². The molecule has 4 nitrogen and oxygen atoms in total. The fourth-order valence-electron chi connectivity index (χ4n) is 2.43. The molecule has 0 aliphatic carbocycles. The van der Waals surface area contributed by atoms with Gasteiger partial charge in [-0.1, -0.05) is 29.8 Å². The second-order valence-corrected chi connectivity index (χ2v) is 5.25. The van der Waals surface area contributed by atoms with Gasteiger partial charge in [0.05, 0.1) is 6.42 Å². The maximum Gasteiger partial charge on any atom is 0.303 e. The first-order valence-electron chi connectivity index (χ1n) is 6.59. The third-order valence-electron chi connectivity index (χ3n) is 3.48. The molecule has 1 saturated heterocycles. The first-order chi connectivity index (χ1) is 9.04. The lowest BCUT2D eigenvalue weighted by Gasteiger charge is -2.38. The fourth-order valence-corrected chi connectivity index (χ4v) is 2.43. The average molecular weight is 261 g/mol. The number of benzene rings is 1. The molecule has 0 spiro atoms. The molecule has 0 saturated carbocycles. The SMILES string of the molecule is Cc1cccc(CCC(=O)N2CC(CC(=O)O)C2)c1. The topological polar surface area (TPSA) is 57.6 Å². The predicted molar refractivity (Wildman–Crippen MR) is 71.8 cm³/mol. The molecular formula is C15H19NO3. The van der Waals surface area contributed by atoms with Crippen molar-refractivity contribution >= 4 is 11.9 Å². The van der Waals surface area contributed by atoms with Gasteiger partial charge < -0.3 is 10.0 Å². The van der Waals surface area contributed by atoms with Crippen LogP contribution in [-0.4, -0.2) is 35.0 Å². The van der Waals surface area contributed by atoms with Crippen LogP contribution in [0.3, 0.4) is 0 Å². The summed E-state index contributed by atoms with van der Waals surface area (Å²) in [5.41, 5.74) is 2.38. The van der Waals surface area contributed by atoms with Crippen LogP contribution in [-0.2, 0) is 16.0 Å². The van der Waals surface area contributed by atoms with E-state index in [4.69, 9.17) is 5.11 Å². The summed E-state index contributed by atoms with van der Waals surface area (Å²) in [6, 6.07) is 8.17. The van der Waals surface area contributed by atoms with Crippen LogP contribution < -0.4 is 0 Å². The summed E-state index contributed by atoms with van der Waals surface area (Å²) >= 11 is 0. The van der Waals surface area contributed by atoms with Crippen LogP contribution in [0.1, 0.15) is 24.0 Å². The van der Waals surface area contributed by atoms with Gasteiger partial charge in [-0.05, 0) is 18.9 Å². The lowest BCUT2D eigenvalue weighted by atomic mass is 9.95. The molecule has 102 valence electrons. The molecule has 1 aromatic rings. The lowest BCUT2D eigenvalue weighted by Crippen LogP contribution is -2.50. The predicted octanol–water partition coefficient (Wildman–Crippen LogP) is 1.86. The van der Waals surface area contributed by atoms with Crippen molar-refractivity contribution in [1.82, 2.24) is 4.90 Å². The van der Waals surface area contributed by atoms with Crippen molar-refractivity contribution in [2.45, 2.75) is 26.2 Å². The average Bonchev–Trinajstić information content (AvgIpc) is 2.30. The molecule has 1 N–H and O–H groups in total. The van der Waals surface area contributed by atoms with E-state index in [0.717, 1.165) is 6.42 Å². The molecule has 1 aromatic carbocycles. The van der Waals surface area contributed by atoms with Crippen LogP contribution in [0.4, 0.5) is 0 Å². The minimum Gasteiger partial charge on any atom is -0.481 e. The lowest BCUT2D eigenvalue weighted by molar-refractivity contribution is -0.145. The second kappa shape index (κ2) is 5.87. The van der Waals surface area contributed by atoms with Gasteiger partial charge in [0.2, 0.25) is 5.91 Å². The summed E-state index contributed by atoms with van der Waals surface area (Å²) in [5, 5.41) is 8.65. The number of hydrogen-bond donors (Lipinski definition) is 1. The Hall–Kier alpha value is -1.84. The van der Waals surface area contributed by atoms with Crippen LogP contribution >= 0.6 is 0 Å². The number of hydrogen-bond acceptors (Lipinski definition) is 2. The first-order valence-corrected chi connectivity index (χ1v) is 6.59. The zero-order valence-electron chi connectivity index (χ0n) is 11.1. The normalized spacial score (nSPS) is 15.1. The molecule has 0 aromatic heterocycles. The smallest absolute Gasteiger partial charge is 0.303 e. The number of carbonyl (C=O) groups is 2. The van der Waals surface area contributed by atoms with E-state index in [-0.39, 0.29) is 18.2 Å². The summed E-state index contributed by atoms with van der Waals surface area (Å²) in [6.45, 7) is 3.23. The second-order valence-electron chi connectivity index (χ2n) is 5.25. The van der Waals surface area contributed by atoms with Gasteiger partial charge in [-0.2, -0.15) is 0 Å². The number of carboxylic acid groups (broad SMARTS) is 1. The molecule has 1 amide bonds. The third-order valence-corrected chi connectivity index (χ3v) is 3.48. The van der Waals surface area contributed by atoms with E-state index in [1.165, 1.54) is 11.1 Å². The summed E-state index contributed by atoms with van der Waals surface area (Å²) < 4.78 is 0. The van der Waals surface area contributed by atoms with Crippen LogP contribution in [0.15, 0.2) is 24.3 Å². The minimum absolute atomic E-state index is 0.128. The molecule has 1 aliphatic rings. The quantitative estimate of drug-likeness (QED) is 0.880. The highest BCUT2D eigenvalue weighted by molar-refractivity contribution is 5.77. The van der Waals surface area contributed by atoms with Crippen molar-refractivity contribution in [3.63, 3.8) is 0 Å². The summed E-state index contributed by atoms with van der Waals surface area (Å²) in [5.74, 6) is -0.513. The van der Waals surface area contributed by atoms with Gasteiger partial charge in [0.1, 0.15) is 0 Å². The Morgan fingerprint density at radius 1 is 1.37 bits per heavy atom. The van der Waals surface area contributed by atoms with E-state index in [9.17, 15) is 9.59 Å². The monoisotopic (exact) mass is 261 g/mol. The van der Waals surface area contributed by atoms with Gasteiger partial charge in [0, 0.05) is 25.4 Å².